The van der Waals surface area contributed by atoms with Crippen LogP contribution in [-0.2, 0) is 22.6 Å². The van der Waals surface area contributed by atoms with E-state index >= 15 is 0 Å². The maximum Gasteiger partial charge on any atom is 0.254 e. The summed E-state index contributed by atoms with van der Waals surface area (Å²) in [5.74, 6) is 1.30. The van der Waals surface area contributed by atoms with Crippen molar-refractivity contribution in [3.8, 4) is 11.5 Å². The molecule has 0 atom stereocenters. The van der Waals surface area contributed by atoms with Crippen LogP contribution in [0.25, 0.3) is 0 Å². The van der Waals surface area contributed by atoms with Gasteiger partial charge in [-0.25, -0.2) is 0 Å². The lowest BCUT2D eigenvalue weighted by molar-refractivity contribution is -0.133. The lowest BCUT2D eigenvalue weighted by Crippen LogP contribution is -2.43. The van der Waals surface area contributed by atoms with E-state index in [1.54, 1.807) is 35.4 Å². The molecule has 2 amide bonds. The largest absolute Gasteiger partial charge is 0.467 e. The molecule has 35 heavy (non-hydrogen) atoms. The Bertz CT molecular complexity index is 1180. The molecule has 1 aromatic heterocycles. The molecule has 8 nitrogen and oxygen atoms in total. The molecule has 0 radical (unpaired) electrons. The van der Waals surface area contributed by atoms with E-state index in [4.69, 9.17) is 41.8 Å². The summed E-state index contributed by atoms with van der Waals surface area (Å²) in [6, 6.07) is 13.7. The van der Waals surface area contributed by atoms with Gasteiger partial charge in [0.1, 0.15) is 12.3 Å². The molecule has 1 aliphatic heterocycles. The Labute approximate surface area is 212 Å². The number of amides is 2. The third-order valence-electron chi connectivity index (χ3n) is 5.44. The Morgan fingerprint density at radius 2 is 1.80 bits per heavy atom. The normalized spacial score (nSPS) is 12.0. The van der Waals surface area contributed by atoms with E-state index in [1.165, 1.54) is 18.1 Å². The minimum absolute atomic E-state index is 0.159. The average Bonchev–Trinajstić information content (AvgIpc) is 3.54. The molecule has 0 bridgehead atoms. The lowest BCUT2D eigenvalue weighted by Gasteiger charge is -2.27. The standard InChI is InChI=1S/C25H24Cl2N2O6/c1-32-10-8-28(25(31)18-5-6-20(26)21(27)12-18)15-24(30)29(14-19-3-2-9-33-19)13-17-4-7-22-23(11-17)35-16-34-22/h2-7,9,11-12H,8,10,13-16H2,1H3. The highest BCUT2D eigenvalue weighted by Gasteiger charge is 2.24. The van der Waals surface area contributed by atoms with E-state index in [1.807, 2.05) is 18.2 Å². The van der Waals surface area contributed by atoms with Gasteiger partial charge in [0.15, 0.2) is 11.5 Å². The number of ether oxygens (including phenoxy) is 3. The fraction of sp³-hybridized carbons (Fsp3) is 0.280. The van der Waals surface area contributed by atoms with Gasteiger partial charge in [-0.1, -0.05) is 29.3 Å². The number of carbonyl (C=O) groups is 2. The van der Waals surface area contributed by atoms with Gasteiger partial charge in [0, 0.05) is 25.8 Å². The second kappa shape index (κ2) is 11.5. The van der Waals surface area contributed by atoms with Crippen LogP contribution in [0, 0.1) is 0 Å². The maximum atomic E-state index is 13.5. The summed E-state index contributed by atoms with van der Waals surface area (Å²) in [7, 11) is 1.53. The van der Waals surface area contributed by atoms with Crippen LogP contribution in [0.15, 0.2) is 59.2 Å². The van der Waals surface area contributed by atoms with E-state index in [0.29, 0.717) is 27.8 Å². The van der Waals surface area contributed by atoms with Crippen molar-refractivity contribution in [2.24, 2.45) is 0 Å². The molecule has 2 heterocycles. The molecule has 0 N–H and O–H groups in total. The van der Waals surface area contributed by atoms with Gasteiger partial charge < -0.3 is 28.4 Å². The second-order valence-corrected chi connectivity index (χ2v) is 8.68. The quantitative estimate of drug-likeness (QED) is 0.389. The van der Waals surface area contributed by atoms with Crippen molar-refractivity contribution >= 4 is 35.0 Å². The number of rotatable bonds is 10. The molecule has 0 spiro atoms. The smallest absolute Gasteiger partial charge is 0.254 e. The molecule has 2 aromatic carbocycles. The van der Waals surface area contributed by atoms with Crippen LogP contribution >= 0.6 is 23.2 Å². The highest BCUT2D eigenvalue weighted by Crippen LogP contribution is 2.33. The maximum absolute atomic E-state index is 13.5. The van der Waals surface area contributed by atoms with Crippen molar-refractivity contribution in [3.63, 3.8) is 0 Å². The zero-order valence-electron chi connectivity index (χ0n) is 19.0. The summed E-state index contributed by atoms with van der Waals surface area (Å²) in [6.45, 7) is 1.02. The van der Waals surface area contributed by atoms with Crippen molar-refractivity contribution in [2.75, 3.05) is 33.6 Å². The minimum atomic E-state index is -0.352. The third-order valence-corrected chi connectivity index (χ3v) is 6.17. The zero-order chi connectivity index (χ0) is 24.8. The van der Waals surface area contributed by atoms with Crippen LogP contribution in [0.4, 0.5) is 0 Å². The number of halogens is 2. The number of hydrogen-bond donors (Lipinski definition) is 0. The first-order chi connectivity index (χ1) is 16.9. The van der Waals surface area contributed by atoms with Crippen LogP contribution in [0.2, 0.25) is 10.0 Å². The molecule has 0 saturated heterocycles. The SMILES string of the molecule is COCCN(CC(=O)N(Cc1ccc2c(c1)OCO2)Cc1ccco1)C(=O)c1ccc(Cl)c(Cl)c1. The Morgan fingerprint density at radius 3 is 2.54 bits per heavy atom. The fourth-order valence-corrected chi connectivity index (χ4v) is 3.91. The van der Waals surface area contributed by atoms with E-state index in [-0.39, 0.29) is 56.4 Å². The Balaban J connectivity index is 1.54. The molecule has 1 aliphatic rings. The van der Waals surface area contributed by atoms with Crippen LogP contribution in [0.5, 0.6) is 11.5 Å². The van der Waals surface area contributed by atoms with E-state index in [0.717, 1.165) is 5.56 Å². The average molecular weight is 519 g/mol. The molecule has 184 valence electrons. The molecule has 0 unspecified atom stereocenters. The molecular weight excluding hydrogens is 495 g/mol. The van der Waals surface area contributed by atoms with Crippen molar-refractivity contribution in [3.05, 3.63) is 81.7 Å². The molecular formula is C25H24Cl2N2O6. The Hall–Kier alpha value is -3.20. The van der Waals surface area contributed by atoms with Crippen LogP contribution in [0.3, 0.4) is 0 Å². The zero-order valence-corrected chi connectivity index (χ0v) is 20.6. The second-order valence-electron chi connectivity index (χ2n) is 7.87. The predicted octanol–water partition coefficient (Wildman–Crippen LogP) is 4.63. The molecule has 4 rings (SSSR count). The summed E-state index contributed by atoms with van der Waals surface area (Å²) in [5.41, 5.74) is 1.19. The first-order valence-electron chi connectivity index (χ1n) is 10.9. The van der Waals surface area contributed by atoms with Gasteiger partial charge in [-0.05, 0) is 48.0 Å². The molecule has 0 fully saturated rings. The molecule has 3 aromatic rings. The topological polar surface area (TPSA) is 81.5 Å². The van der Waals surface area contributed by atoms with Gasteiger partial charge in [0.2, 0.25) is 12.7 Å². The monoisotopic (exact) mass is 518 g/mol. The highest BCUT2D eigenvalue weighted by atomic mass is 35.5. The van der Waals surface area contributed by atoms with Crippen molar-refractivity contribution in [1.82, 2.24) is 9.80 Å². The minimum Gasteiger partial charge on any atom is -0.467 e. The van der Waals surface area contributed by atoms with Crippen molar-refractivity contribution in [2.45, 2.75) is 13.1 Å². The van der Waals surface area contributed by atoms with E-state index in [2.05, 4.69) is 0 Å². The number of nitrogens with zero attached hydrogens (tertiary/aromatic N) is 2. The summed E-state index contributed by atoms with van der Waals surface area (Å²) in [5, 5.41) is 0.605. The Morgan fingerprint density at radius 1 is 0.971 bits per heavy atom. The van der Waals surface area contributed by atoms with E-state index < -0.39 is 0 Å². The number of hydrogen-bond acceptors (Lipinski definition) is 6. The predicted molar refractivity (Wildman–Crippen MR) is 130 cm³/mol. The number of methoxy groups -OCH3 is 1. The number of furan rings is 1. The van der Waals surface area contributed by atoms with Crippen LogP contribution < -0.4 is 9.47 Å². The van der Waals surface area contributed by atoms with Crippen LogP contribution in [0.1, 0.15) is 21.7 Å². The first kappa shape index (κ1) is 24.9. The van der Waals surface area contributed by atoms with Gasteiger partial charge in [-0.3, -0.25) is 9.59 Å². The third kappa shape index (κ3) is 6.28. The van der Waals surface area contributed by atoms with E-state index in [9.17, 15) is 9.59 Å². The van der Waals surface area contributed by atoms with Gasteiger partial charge in [0.05, 0.1) is 29.5 Å². The lowest BCUT2D eigenvalue weighted by atomic mass is 10.1. The number of benzene rings is 2. The van der Waals surface area contributed by atoms with Gasteiger partial charge in [-0.2, -0.15) is 0 Å². The molecule has 10 heteroatoms. The van der Waals surface area contributed by atoms with Crippen molar-refractivity contribution < 1.29 is 28.2 Å². The number of fused-ring (bicyclic) bond motifs is 1. The van der Waals surface area contributed by atoms with Gasteiger partial charge in [-0.15, -0.1) is 0 Å². The summed E-state index contributed by atoms with van der Waals surface area (Å²) in [6.07, 6.45) is 1.55. The first-order valence-corrected chi connectivity index (χ1v) is 11.6. The number of carbonyl (C=O) groups excluding carboxylic acids is 2. The fourth-order valence-electron chi connectivity index (χ4n) is 3.61. The summed E-state index contributed by atoms with van der Waals surface area (Å²) < 4.78 is 21.5. The molecule has 0 saturated carbocycles. The highest BCUT2D eigenvalue weighted by molar-refractivity contribution is 6.42. The van der Waals surface area contributed by atoms with Crippen LogP contribution in [-0.4, -0.2) is 55.2 Å². The summed E-state index contributed by atoms with van der Waals surface area (Å²) >= 11 is 12.1. The van der Waals surface area contributed by atoms with Gasteiger partial charge in [0.25, 0.3) is 5.91 Å². The summed E-state index contributed by atoms with van der Waals surface area (Å²) in [4.78, 5) is 29.8. The Kier molecular flexibility index (Phi) is 8.17. The van der Waals surface area contributed by atoms with Crippen molar-refractivity contribution in [1.29, 1.82) is 0 Å². The molecule has 0 aliphatic carbocycles. The van der Waals surface area contributed by atoms with Gasteiger partial charge >= 0.3 is 0 Å².